The summed E-state index contributed by atoms with van der Waals surface area (Å²) < 4.78 is 32.3. The van der Waals surface area contributed by atoms with Gasteiger partial charge in [-0.1, -0.05) is 12.1 Å². The molecule has 0 spiro atoms. The van der Waals surface area contributed by atoms with Gasteiger partial charge in [-0.25, -0.2) is 13.1 Å². The molecule has 0 saturated heterocycles. The summed E-state index contributed by atoms with van der Waals surface area (Å²) in [4.78, 5) is 13.5. The Morgan fingerprint density at radius 1 is 1.26 bits per heavy atom. The maximum atomic E-state index is 12.4. The second-order valence-corrected chi connectivity index (χ2v) is 7.25. The first kappa shape index (κ1) is 19.6. The molecule has 0 aliphatic rings. The zero-order chi connectivity index (χ0) is 17.5. The van der Waals surface area contributed by atoms with Crippen LogP contribution in [0.25, 0.3) is 0 Å². The van der Waals surface area contributed by atoms with E-state index in [1.807, 2.05) is 13.0 Å². The van der Waals surface area contributed by atoms with Gasteiger partial charge in [-0.3, -0.25) is 4.79 Å². The highest BCUT2D eigenvalue weighted by atomic mass is 32.2. The maximum Gasteiger partial charge on any atom is 0.240 e. The van der Waals surface area contributed by atoms with Crippen molar-refractivity contribution in [1.82, 2.24) is 9.62 Å². The van der Waals surface area contributed by atoms with E-state index in [9.17, 15) is 13.2 Å². The van der Waals surface area contributed by atoms with Crippen LogP contribution in [0.2, 0.25) is 0 Å². The molecule has 1 aromatic carbocycles. The molecule has 0 saturated carbocycles. The van der Waals surface area contributed by atoms with Gasteiger partial charge in [-0.15, -0.1) is 0 Å². The Morgan fingerprint density at radius 2 is 1.96 bits per heavy atom. The summed E-state index contributed by atoms with van der Waals surface area (Å²) in [5.74, 6) is -0.0768. The summed E-state index contributed by atoms with van der Waals surface area (Å²) in [6.07, 6.45) is 0.722. The van der Waals surface area contributed by atoms with E-state index in [0.717, 1.165) is 12.0 Å². The molecule has 130 valence electrons. The molecule has 7 heteroatoms. The van der Waals surface area contributed by atoms with Crippen LogP contribution in [0.3, 0.4) is 0 Å². The highest BCUT2D eigenvalue weighted by Gasteiger charge is 2.17. The van der Waals surface area contributed by atoms with E-state index in [2.05, 4.69) is 4.72 Å². The molecule has 1 N–H and O–H groups in total. The minimum absolute atomic E-state index is 0.0768. The predicted molar refractivity (Wildman–Crippen MR) is 89.9 cm³/mol. The molecule has 1 rings (SSSR count). The molecule has 0 aromatic heterocycles. The highest BCUT2D eigenvalue weighted by molar-refractivity contribution is 7.89. The number of hydrogen-bond donors (Lipinski definition) is 1. The van der Waals surface area contributed by atoms with Gasteiger partial charge in [0.15, 0.2) is 0 Å². The zero-order valence-electron chi connectivity index (χ0n) is 14.3. The number of carbonyl (C=O) groups excluding carboxylic acids is 1. The summed E-state index contributed by atoms with van der Waals surface area (Å²) in [5, 5.41) is 0. The third-order valence-electron chi connectivity index (χ3n) is 3.53. The summed E-state index contributed by atoms with van der Waals surface area (Å²) in [6, 6.07) is 5.32. The van der Waals surface area contributed by atoms with Gasteiger partial charge in [0.1, 0.15) is 0 Å². The first-order chi connectivity index (χ1) is 10.8. The average Bonchev–Trinajstić information content (AvgIpc) is 2.48. The Bertz CT molecular complexity index is 629. The molecule has 6 nitrogen and oxygen atoms in total. The Labute approximate surface area is 138 Å². The second-order valence-electron chi connectivity index (χ2n) is 5.52. The number of sulfonamides is 1. The van der Waals surface area contributed by atoms with Crippen molar-refractivity contribution in [2.24, 2.45) is 0 Å². The Balaban J connectivity index is 2.64. The summed E-state index contributed by atoms with van der Waals surface area (Å²) in [7, 11) is -1.97. The molecular formula is C16H26N2O4S. The van der Waals surface area contributed by atoms with Crippen LogP contribution in [0.1, 0.15) is 24.5 Å². The number of nitrogens with zero attached hydrogens (tertiary/aromatic N) is 1. The van der Waals surface area contributed by atoms with Crippen molar-refractivity contribution in [3.63, 3.8) is 0 Å². The van der Waals surface area contributed by atoms with Crippen molar-refractivity contribution >= 4 is 15.9 Å². The fourth-order valence-electron chi connectivity index (χ4n) is 2.22. The van der Waals surface area contributed by atoms with Crippen molar-refractivity contribution in [3.8, 4) is 0 Å². The largest absolute Gasteiger partial charge is 0.385 e. The number of aryl methyl sites for hydroxylation is 2. The maximum absolute atomic E-state index is 12.4. The van der Waals surface area contributed by atoms with Crippen molar-refractivity contribution in [2.75, 3.05) is 33.4 Å². The molecule has 0 atom stereocenters. The number of carbonyl (C=O) groups is 1. The van der Waals surface area contributed by atoms with E-state index >= 15 is 0 Å². The van der Waals surface area contributed by atoms with E-state index < -0.39 is 10.0 Å². The van der Waals surface area contributed by atoms with Crippen molar-refractivity contribution < 1.29 is 17.9 Å². The summed E-state index contributed by atoms with van der Waals surface area (Å²) in [6.45, 7) is 6.73. The minimum Gasteiger partial charge on any atom is -0.385 e. The van der Waals surface area contributed by atoms with Gasteiger partial charge < -0.3 is 9.64 Å². The first-order valence-electron chi connectivity index (χ1n) is 7.59. The van der Waals surface area contributed by atoms with E-state index in [1.165, 1.54) is 6.92 Å². The highest BCUT2D eigenvalue weighted by Crippen LogP contribution is 2.16. The SMILES string of the molecule is COCCCN(CCNS(=O)(=O)c1cc(C)ccc1C)C(C)=O. The van der Waals surface area contributed by atoms with Gasteiger partial charge >= 0.3 is 0 Å². The molecule has 0 aliphatic carbocycles. The van der Waals surface area contributed by atoms with Crippen LogP contribution in [-0.4, -0.2) is 52.6 Å². The molecule has 0 bridgehead atoms. The molecule has 1 amide bonds. The Morgan fingerprint density at radius 3 is 2.57 bits per heavy atom. The normalized spacial score (nSPS) is 11.5. The topological polar surface area (TPSA) is 75.7 Å². The van der Waals surface area contributed by atoms with Crippen molar-refractivity contribution in [3.05, 3.63) is 29.3 Å². The van der Waals surface area contributed by atoms with E-state index in [0.29, 0.717) is 25.3 Å². The molecule has 1 aromatic rings. The van der Waals surface area contributed by atoms with E-state index in [4.69, 9.17) is 4.74 Å². The lowest BCUT2D eigenvalue weighted by Crippen LogP contribution is -2.38. The lowest BCUT2D eigenvalue weighted by Gasteiger charge is -2.21. The van der Waals surface area contributed by atoms with Crippen LogP contribution >= 0.6 is 0 Å². The third kappa shape index (κ3) is 6.29. The quantitative estimate of drug-likeness (QED) is 0.690. The molecule has 23 heavy (non-hydrogen) atoms. The molecular weight excluding hydrogens is 316 g/mol. The number of ether oxygens (including phenoxy) is 1. The van der Waals surface area contributed by atoms with Crippen LogP contribution in [0, 0.1) is 13.8 Å². The number of hydrogen-bond acceptors (Lipinski definition) is 4. The lowest BCUT2D eigenvalue weighted by molar-refractivity contribution is -0.128. The number of benzene rings is 1. The number of nitrogens with one attached hydrogen (secondary N) is 1. The van der Waals surface area contributed by atoms with Crippen molar-refractivity contribution in [1.29, 1.82) is 0 Å². The van der Waals surface area contributed by atoms with Crippen LogP contribution in [0.4, 0.5) is 0 Å². The van der Waals surface area contributed by atoms with Gasteiger partial charge in [0, 0.05) is 40.3 Å². The van der Waals surface area contributed by atoms with Gasteiger partial charge in [0.2, 0.25) is 15.9 Å². The summed E-state index contributed by atoms with van der Waals surface area (Å²) >= 11 is 0. The van der Waals surface area contributed by atoms with Gasteiger partial charge in [0.05, 0.1) is 4.90 Å². The Hall–Kier alpha value is -1.44. The average molecular weight is 342 g/mol. The van der Waals surface area contributed by atoms with Gasteiger partial charge in [-0.05, 0) is 37.5 Å². The third-order valence-corrected chi connectivity index (χ3v) is 5.13. The molecule has 0 heterocycles. The molecule has 0 unspecified atom stereocenters. The van der Waals surface area contributed by atoms with Crippen LogP contribution < -0.4 is 4.72 Å². The minimum atomic E-state index is -3.57. The molecule has 0 radical (unpaired) electrons. The molecule has 0 aliphatic heterocycles. The second kappa shape index (κ2) is 9.00. The van der Waals surface area contributed by atoms with Crippen molar-refractivity contribution in [2.45, 2.75) is 32.1 Å². The van der Waals surface area contributed by atoms with Crippen LogP contribution in [-0.2, 0) is 19.6 Å². The Kier molecular flexibility index (Phi) is 7.67. The van der Waals surface area contributed by atoms with Crippen LogP contribution in [0.15, 0.2) is 23.1 Å². The number of amides is 1. The molecule has 0 fully saturated rings. The predicted octanol–water partition coefficient (Wildman–Crippen LogP) is 1.47. The zero-order valence-corrected chi connectivity index (χ0v) is 15.1. The standard InChI is InChI=1S/C16H26N2O4S/c1-13-6-7-14(2)16(12-13)23(20,21)17-8-10-18(15(3)19)9-5-11-22-4/h6-7,12,17H,5,8-11H2,1-4H3. The van der Waals surface area contributed by atoms with Gasteiger partial charge in [-0.2, -0.15) is 0 Å². The van der Waals surface area contributed by atoms with Crippen LogP contribution in [0.5, 0.6) is 0 Å². The number of rotatable bonds is 9. The number of methoxy groups -OCH3 is 1. The lowest BCUT2D eigenvalue weighted by atomic mass is 10.2. The summed E-state index contributed by atoms with van der Waals surface area (Å²) in [5.41, 5.74) is 1.59. The monoisotopic (exact) mass is 342 g/mol. The fraction of sp³-hybridized carbons (Fsp3) is 0.562. The smallest absolute Gasteiger partial charge is 0.240 e. The van der Waals surface area contributed by atoms with E-state index in [-0.39, 0.29) is 17.3 Å². The van der Waals surface area contributed by atoms with Gasteiger partial charge in [0.25, 0.3) is 0 Å². The first-order valence-corrected chi connectivity index (χ1v) is 9.07. The van der Waals surface area contributed by atoms with E-state index in [1.54, 1.807) is 31.1 Å². The fourth-order valence-corrected chi connectivity index (χ4v) is 3.56.